The van der Waals surface area contributed by atoms with Gasteiger partial charge in [-0.2, -0.15) is 5.26 Å². The second kappa shape index (κ2) is 11.7. The molecule has 0 saturated heterocycles. The van der Waals surface area contributed by atoms with Gasteiger partial charge in [0.25, 0.3) is 0 Å². The van der Waals surface area contributed by atoms with E-state index in [9.17, 15) is 14.9 Å². The number of thioether (sulfide) groups is 1. The standard InChI is InChI=1S/C27H33N5O3S/c1-4-35-22-8-6-5-7-19(22)18(2)15-25(33)30-27-21(16-28)20-11-13-32(17-23(20)36-27)26(34)10-9-24-29-12-14-31(24)3/h5-8,12,14,18,21,27H,4,9-11,13,15,17H2,1-3H3,(H,30,33). The first-order chi connectivity index (χ1) is 17.4. The van der Waals surface area contributed by atoms with E-state index in [1.54, 1.807) is 6.20 Å². The second-order valence-electron chi connectivity index (χ2n) is 9.26. The lowest BCUT2D eigenvalue weighted by molar-refractivity contribution is -0.131. The monoisotopic (exact) mass is 507 g/mol. The number of aryl methyl sites for hydroxylation is 2. The van der Waals surface area contributed by atoms with Crippen LogP contribution in [-0.4, -0.2) is 51.3 Å². The highest BCUT2D eigenvalue weighted by molar-refractivity contribution is 8.04. The van der Waals surface area contributed by atoms with Gasteiger partial charge >= 0.3 is 0 Å². The number of nitrogens with one attached hydrogen (secondary N) is 1. The van der Waals surface area contributed by atoms with Crippen molar-refractivity contribution in [3.8, 4) is 11.8 Å². The molecule has 8 nitrogen and oxygen atoms in total. The van der Waals surface area contributed by atoms with Gasteiger partial charge in [-0.15, -0.1) is 11.8 Å². The minimum absolute atomic E-state index is 0.0193. The zero-order valence-corrected chi connectivity index (χ0v) is 21.9. The third-order valence-corrected chi connectivity index (χ3v) is 8.13. The van der Waals surface area contributed by atoms with Crippen LogP contribution in [-0.2, 0) is 23.1 Å². The van der Waals surface area contributed by atoms with Crippen molar-refractivity contribution in [2.24, 2.45) is 13.0 Å². The smallest absolute Gasteiger partial charge is 0.223 e. The Hall–Kier alpha value is -3.25. The summed E-state index contributed by atoms with van der Waals surface area (Å²) >= 11 is 1.52. The molecule has 0 bridgehead atoms. The van der Waals surface area contributed by atoms with Crippen molar-refractivity contribution in [2.45, 2.75) is 50.8 Å². The summed E-state index contributed by atoms with van der Waals surface area (Å²) in [5.41, 5.74) is 2.07. The first-order valence-electron chi connectivity index (χ1n) is 12.4. The van der Waals surface area contributed by atoms with Crippen molar-refractivity contribution >= 4 is 23.6 Å². The van der Waals surface area contributed by atoms with Gasteiger partial charge in [0.15, 0.2) is 0 Å². The number of hydrogen-bond donors (Lipinski definition) is 1. The Kier molecular flexibility index (Phi) is 8.36. The number of nitriles is 1. The highest BCUT2D eigenvalue weighted by Crippen LogP contribution is 2.44. The van der Waals surface area contributed by atoms with Crippen LogP contribution in [0.15, 0.2) is 47.1 Å². The van der Waals surface area contributed by atoms with Gasteiger partial charge in [-0.1, -0.05) is 25.1 Å². The van der Waals surface area contributed by atoms with Crippen molar-refractivity contribution in [3.05, 3.63) is 58.5 Å². The molecule has 190 valence electrons. The van der Waals surface area contributed by atoms with Gasteiger partial charge < -0.3 is 19.5 Å². The first kappa shape index (κ1) is 25.8. The van der Waals surface area contributed by atoms with Crippen LogP contribution >= 0.6 is 11.8 Å². The number of imidazole rings is 1. The summed E-state index contributed by atoms with van der Waals surface area (Å²) in [4.78, 5) is 33.0. The molecule has 3 heterocycles. The second-order valence-corrected chi connectivity index (χ2v) is 10.5. The van der Waals surface area contributed by atoms with Crippen LogP contribution in [0.5, 0.6) is 5.75 Å². The average molecular weight is 508 g/mol. The molecule has 4 rings (SSSR count). The van der Waals surface area contributed by atoms with Crippen LogP contribution in [0.3, 0.4) is 0 Å². The van der Waals surface area contributed by atoms with Gasteiger partial charge in [-0.25, -0.2) is 4.98 Å². The number of para-hydroxylation sites is 1. The Morgan fingerprint density at radius 3 is 2.89 bits per heavy atom. The number of benzene rings is 1. The van der Waals surface area contributed by atoms with E-state index in [4.69, 9.17) is 4.74 Å². The molecule has 3 unspecified atom stereocenters. The summed E-state index contributed by atoms with van der Waals surface area (Å²) in [5, 5.41) is 12.6. The van der Waals surface area contributed by atoms with E-state index in [0.29, 0.717) is 45.4 Å². The molecule has 0 spiro atoms. The summed E-state index contributed by atoms with van der Waals surface area (Å²) in [6.07, 6.45) is 5.59. The van der Waals surface area contributed by atoms with E-state index < -0.39 is 0 Å². The number of rotatable bonds is 9. The fourth-order valence-electron chi connectivity index (χ4n) is 4.86. The lowest BCUT2D eigenvalue weighted by atomic mass is 9.93. The maximum absolute atomic E-state index is 13.0. The fraction of sp³-hybridized carbons (Fsp3) is 0.481. The Bertz CT molecular complexity index is 1180. The van der Waals surface area contributed by atoms with Gasteiger partial charge in [-0.3, -0.25) is 9.59 Å². The third kappa shape index (κ3) is 5.76. The van der Waals surface area contributed by atoms with Crippen molar-refractivity contribution in [1.82, 2.24) is 19.8 Å². The summed E-state index contributed by atoms with van der Waals surface area (Å²) in [5.74, 6) is 1.30. The number of nitrogens with zero attached hydrogens (tertiary/aromatic N) is 4. The third-order valence-electron chi connectivity index (χ3n) is 6.81. The maximum Gasteiger partial charge on any atom is 0.223 e. The van der Waals surface area contributed by atoms with Crippen LogP contribution in [0.25, 0.3) is 0 Å². The van der Waals surface area contributed by atoms with Crippen molar-refractivity contribution < 1.29 is 14.3 Å². The van der Waals surface area contributed by atoms with E-state index in [1.807, 2.05) is 60.8 Å². The quantitative estimate of drug-likeness (QED) is 0.555. The summed E-state index contributed by atoms with van der Waals surface area (Å²) in [6, 6.07) is 10.2. The zero-order chi connectivity index (χ0) is 25.7. The number of amides is 2. The van der Waals surface area contributed by atoms with E-state index in [2.05, 4.69) is 16.4 Å². The maximum atomic E-state index is 13.0. The molecule has 1 aromatic carbocycles. The Balaban J connectivity index is 1.33. The van der Waals surface area contributed by atoms with Crippen molar-refractivity contribution in [2.75, 3.05) is 19.7 Å². The molecule has 2 aliphatic heterocycles. The van der Waals surface area contributed by atoms with Crippen LogP contribution in [0.1, 0.15) is 50.4 Å². The molecule has 0 saturated carbocycles. The first-order valence-corrected chi connectivity index (χ1v) is 13.3. The molecule has 9 heteroatoms. The van der Waals surface area contributed by atoms with Crippen molar-refractivity contribution in [3.63, 3.8) is 0 Å². The van der Waals surface area contributed by atoms with E-state index in [1.165, 1.54) is 11.8 Å². The molecule has 2 aromatic rings. The normalized spacial score (nSPS) is 20.0. The fourth-order valence-corrected chi connectivity index (χ4v) is 6.33. The Morgan fingerprint density at radius 1 is 1.36 bits per heavy atom. The SMILES string of the molecule is CCOc1ccccc1C(C)CC(=O)NC1SC2=C(CCN(C(=O)CCc3nccn3C)C2)C1C#N. The van der Waals surface area contributed by atoms with Crippen LogP contribution in [0, 0.1) is 17.2 Å². The van der Waals surface area contributed by atoms with Crippen LogP contribution in [0.2, 0.25) is 0 Å². The number of carbonyl (C=O) groups is 2. The van der Waals surface area contributed by atoms with Gasteiger partial charge in [0.1, 0.15) is 11.6 Å². The highest BCUT2D eigenvalue weighted by Gasteiger charge is 2.40. The van der Waals surface area contributed by atoms with Gasteiger partial charge in [0.05, 0.1) is 30.5 Å². The average Bonchev–Trinajstić information content (AvgIpc) is 3.44. The molecule has 3 atom stereocenters. The Labute approximate surface area is 216 Å². The number of carbonyl (C=O) groups excluding carboxylic acids is 2. The van der Waals surface area contributed by atoms with E-state index in [0.717, 1.165) is 27.6 Å². The van der Waals surface area contributed by atoms with Crippen LogP contribution in [0.4, 0.5) is 0 Å². The molecule has 0 fully saturated rings. The van der Waals surface area contributed by atoms with Crippen molar-refractivity contribution in [1.29, 1.82) is 5.26 Å². The molecule has 36 heavy (non-hydrogen) atoms. The molecule has 0 radical (unpaired) electrons. The largest absolute Gasteiger partial charge is 0.494 e. The lowest BCUT2D eigenvalue weighted by Crippen LogP contribution is -2.37. The summed E-state index contributed by atoms with van der Waals surface area (Å²) < 4.78 is 7.65. The predicted octanol–water partition coefficient (Wildman–Crippen LogP) is 3.76. The molecule has 1 N–H and O–H groups in total. The van der Waals surface area contributed by atoms with Gasteiger partial charge in [0, 0.05) is 50.2 Å². The van der Waals surface area contributed by atoms with E-state index >= 15 is 0 Å². The molecule has 2 amide bonds. The topological polar surface area (TPSA) is 100 Å². The van der Waals surface area contributed by atoms with Gasteiger partial charge in [0.2, 0.25) is 11.8 Å². The molecule has 0 aliphatic carbocycles. The Morgan fingerprint density at radius 2 is 2.17 bits per heavy atom. The van der Waals surface area contributed by atoms with Gasteiger partial charge in [-0.05, 0) is 36.5 Å². The lowest BCUT2D eigenvalue weighted by Gasteiger charge is -2.28. The summed E-state index contributed by atoms with van der Waals surface area (Å²) in [7, 11) is 1.93. The number of ether oxygens (including phenoxy) is 1. The molecular formula is C27H33N5O3S. The van der Waals surface area contributed by atoms with Crippen LogP contribution < -0.4 is 10.1 Å². The van der Waals surface area contributed by atoms with E-state index in [-0.39, 0.29) is 29.0 Å². The minimum Gasteiger partial charge on any atom is -0.494 e. The summed E-state index contributed by atoms with van der Waals surface area (Å²) in [6.45, 7) is 5.62. The number of hydrogen-bond acceptors (Lipinski definition) is 6. The molecular weight excluding hydrogens is 474 g/mol. The predicted molar refractivity (Wildman–Crippen MR) is 139 cm³/mol. The highest BCUT2D eigenvalue weighted by atomic mass is 32.2. The molecule has 1 aromatic heterocycles. The zero-order valence-electron chi connectivity index (χ0n) is 21.1. The molecule has 2 aliphatic rings. The number of aromatic nitrogens is 2. The minimum atomic E-state index is -0.371.